The molecule has 1 N–H and O–H groups in total. The van der Waals surface area contributed by atoms with Gasteiger partial charge in [-0.2, -0.15) is 0 Å². The Balaban J connectivity index is 1.60. The maximum Gasteiger partial charge on any atom is 0.203 e. The molecule has 0 radical (unpaired) electrons. The summed E-state index contributed by atoms with van der Waals surface area (Å²) in [4.78, 5) is 2.30. The molecule has 1 saturated heterocycles. The lowest BCUT2D eigenvalue weighted by atomic mass is 10.2. The number of ether oxygens (including phenoxy) is 1. The third kappa shape index (κ3) is 2.35. The Morgan fingerprint density at radius 2 is 1.73 bits per heavy atom. The van der Waals surface area contributed by atoms with Gasteiger partial charge in [0.1, 0.15) is 0 Å². The average Bonchev–Trinajstić information content (AvgIpc) is 3.22. The highest BCUT2D eigenvalue weighted by Gasteiger charge is 2.15. The minimum absolute atomic E-state index is 0.283. The van der Waals surface area contributed by atoms with E-state index < -0.39 is 0 Å². The first-order valence-electron chi connectivity index (χ1n) is 8.93. The molecule has 0 aliphatic carbocycles. The zero-order valence-corrected chi connectivity index (χ0v) is 14.7. The quantitative estimate of drug-likeness (QED) is 0.602. The van der Waals surface area contributed by atoms with E-state index in [1.165, 1.54) is 5.52 Å². The first-order valence-corrected chi connectivity index (χ1v) is 8.93. The summed E-state index contributed by atoms with van der Waals surface area (Å²) in [5.41, 5.74) is 3.28. The number of benzene rings is 2. The van der Waals surface area contributed by atoms with Gasteiger partial charge < -0.3 is 19.3 Å². The fraction of sp³-hybridized carbons (Fsp3) is 0.238. The normalized spacial score (nSPS) is 15.2. The summed E-state index contributed by atoms with van der Waals surface area (Å²) >= 11 is 0. The number of morpholine rings is 1. The number of aromatic hydroxyl groups is 1. The second-order valence-corrected chi connectivity index (χ2v) is 6.86. The molecule has 2 aromatic heterocycles. The molecule has 2 aromatic carbocycles. The number of rotatable bonds is 2. The van der Waals surface area contributed by atoms with Crippen molar-refractivity contribution in [1.29, 1.82) is 0 Å². The van der Waals surface area contributed by atoms with Crippen LogP contribution >= 0.6 is 0 Å². The van der Waals surface area contributed by atoms with Crippen LogP contribution in [0.3, 0.4) is 0 Å². The summed E-state index contributed by atoms with van der Waals surface area (Å²) in [6, 6.07) is 14.6. The van der Waals surface area contributed by atoms with Gasteiger partial charge >= 0.3 is 0 Å². The summed E-state index contributed by atoms with van der Waals surface area (Å²) in [5, 5.41) is 13.9. The number of aromatic nitrogens is 2. The van der Waals surface area contributed by atoms with Crippen LogP contribution in [0.5, 0.6) is 5.88 Å². The molecule has 5 nitrogen and oxygen atoms in total. The van der Waals surface area contributed by atoms with Crippen molar-refractivity contribution in [1.82, 2.24) is 9.13 Å². The van der Waals surface area contributed by atoms with Crippen LogP contribution in [0.25, 0.3) is 27.4 Å². The lowest BCUT2D eigenvalue weighted by molar-refractivity contribution is 0.122. The number of anilines is 1. The SMILES string of the molecule is Cn1ccc2cc(-n3cc4ccc(N5CCOCC5)cc4c3O)ccc21. The Kier molecular flexibility index (Phi) is 3.43. The molecular formula is C21H21N3O2. The summed E-state index contributed by atoms with van der Waals surface area (Å²) in [5.74, 6) is 0.283. The van der Waals surface area contributed by atoms with Gasteiger partial charge in [0.05, 0.1) is 13.2 Å². The van der Waals surface area contributed by atoms with Crippen molar-refractivity contribution < 1.29 is 9.84 Å². The van der Waals surface area contributed by atoms with Crippen LogP contribution < -0.4 is 4.90 Å². The zero-order valence-electron chi connectivity index (χ0n) is 14.7. The Morgan fingerprint density at radius 3 is 2.58 bits per heavy atom. The van der Waals surface area contributed by atoms with E-state index in [2.05, 4.69) is 52.1 Å². The predicted octanol–water partition coefficient (Wildman–Crippen LogP) is 3.66. The van der Waals surface area contributed by atoms with E-state index in [1.807, 2.05) is 23.9 Å². The van der Waals surface area contributed by atoms with Crippen LogP contribution in [0, 0.1) is 0 Å². The highest BCUT2D eigenvalue weighted by molar-refractivity contribution is 5.92. The zero-order chi connectivity index (χ0) is 17.7. The number of fused-ring (bicyclic) bond motifs is 2. The first kappa shape index (κ1) is 15.3. The van der Waals surface area contributed by atoms with E-state index in [9.17, 15) is 5.11 Å². The Hall–Kier alpha value is -2.92. The average molecular weight is 347 g/mol. The van der Waals surface area contributed by atoms with Gasteiger partial charge in [0, 0.05) is 65.6 Å². The van der Waals surface area contributed by atoms with Gasteiger partial charge in [0.25, 0.3) is 0 Å². The highest BCUT2D eigenvalue weighted by Crippen LogP contribution is 2.34. The number of aryl methyl sites for hydroxylation is 1. The molecule has 26 heavy (non-hydrogen) atoms. The van der Waals surface area contributed by atoms with Gasteiger partial charge in [0.2, 0.25) is 5.88 Å². The molecule has 132 valence electrons. The maximum atomic E-state index is 10.9. The van der Waals surface area contributed by atoms with Gasteiger partial charge in [-0.15, -0.1) is 0 Å². The summed E-state index contributed by atoms with van der Waals surface area (Å²) in [7, 11) is 2.04. The van der Waals surface area contributed by atoms with Crippen molar-refractivity contribution in [3.05, 3.63) is 54.9 Å². The topological polar surface area (TPSA) is 42.6 Å². The smallest absolute Gasteiger partial charge is 0.203 e. The maximum absolute atomic E-state index is 10.9. The van der Waals surface area contributed by atoms with Crippen LogP contribution in [0.2, 0.25) is 0 Å². The van der Waals surface area contributed by atoms with Crippen LogP contribution in [-0.2, 0) is 11.8 Å². The van der Waals surface area contributed by atoms with Crippen LogP contribution in [0.4, 0.5) is 5.69 Å². The molecular weight excluding hydrogens is 326 g/mol. The van der Waals surface area contributed by atoms with Gasteiger partial charge in [-0.1, -0.05) is 6.07 Å². The Labute approximate surface area is 151 Å². The van der Waals surface area contributed by atoms with E-state index in [0.717, 1.165) is 53.8 Å². The molecule has 0 saturated carbocycles. The molecule has 0 unspecified atom stereocenters. The lowest BCUT2D eigenvalue weighted by Gasteiger charge is -2.28. The minimum Gasteiger partial charge on any atom is -0.494 e. The van der Waals surface area contributed by atoms with E-state index in [4.69, 9.17) is 4.74 Å². The minimum atomic E-state index is 0.283. The largest absolute Gasteiger partial charge is 0.494 e. The second kappa shape index (κ2) is 5.81. The van der Waals surface area contributed by atoms with Crippen LogP contribution in [0.15, 0.2) is 54.9 Å². The second-order valence-electron chi connectivity index (χ2n) is 6.86. The molecule has 3 heterocycles. The van der Waals surface area contributed by atoms with Gasteiger partial charge in [-0.3, -0.25) is 4.57 Å². The number of nitrogens with zero attached hydrogens (tertiary/aromatic N) is 3. The fourth-order valence-electron chi connectivity index (χ4n) is 3.81. The summed E-state index contributed by atoms with van der Waals surface area (Å²) in [6.45, 7) is 3.28. The summed E-state index contributed by atoms with van der Waals surface area (Å²) in [6.07, 6.45) is 4.05. The number of hydrogen-bond acceptors (Lipinski definition) is 3. The van der Waals surface area contributed by atoms with Crippen molar-refractivity contribution in [3.8, 4) is 11.6 Å². The molecule has 1 fully saturated rings. The van der Waals surface area contributed by atoms with Crippen molar-refractivity contribution >= 4 is 27.4 Å². The van der Waals surface area contributed by atoms with Crippen molar-refractivity contribution in [3.63, 3.8) is 0 Å². The van der Waals surface area contributed by atoms with Crippen LogP contribution in [-0.4, -0.2) is 40.5 Å². The third-order valence-electron chi connectivity index (χ3n) is 5.30. The molecule has 4 aromatic rings. The molecule has 0 spiro atoms. The Morgan fingerprint density at radius 1 is 0.923 bits per heavy atom. The van der Waals surface area contributed by atoms with Gasteiger partial charge in [-0.05, 0) is 36.4 Å². The van der Waals surface area contributed by atoms with Crippen molar-refractivity contribution in [2.24, 2.45) is 7.05 Å². The molecule has 1 aliphatic rings. The van der Waals surface area contributed by atoms with Crippen LogP contribution in [0.1, 0.15) is 0 Å². The Bertz CT molecular complexity index is 1100. The van der Waals surface area contributed by atoms with E-state index >= 15 is 0 Å². The predicted molar refractivity (Wildman–Crippen MR) is 104 cm³/mol. The van der Waals surface area contributed by atoms with Crippen molar-refractivity contribution in [2.45, 2.75) is 0 Å². The fourth-order valence-corrected chi connectivity index (χ4v) is 3.81. The summed E-state index contributed by atoms with van der Waals surface area (Å²) < 4.78 is 9.39. The van der Waals surface area contributed by atoms with Gasteiger partial charge in [0.15, 0.2) is 0 Å². The standard InChI is InChI=1S/C21H21N3O2/c1-22-7-6-15-12-18(4-5-20(15)22)24-14-16-2-3-17(13-19(16)21(24)25)23-8-10-26-11-9-23/h2-7,12-14,25H,8-11H2,1H3. The first-order chi connectivity index (χ1) is 12.7. The number of hydrogen-bond donors (Lipinski definition) is 1. The van der Waals surface area contributed by atoms with E-state index in [0.29, 0.717) is 0 Å². The lowest BCUT2D eigenvalue weighted by Crippen LogP contribution is -2.36. The molecule has 0 amide bonds. The van der Waals surface area contributed by atoms with Crippen molar-refractivity contribution in [2.75, 3.05) is 31.2 Å². The molecule has 5 rings (SSSR count). The monoisotopic (exact) mass is 347 g/mol. The molecule has 1 aliphatic heterocycles. The highest BCUT2D eigenvalue weighted by atomic mass is 16.5. The third-order valence-corrected chi connectivity index (χ3v) is 5.30. The van der Waals surface area contributed by atoms with E-state index in [1.54, 1.807) is 0 Å². The van der Waals surface area contributed by atoms with E-state index in [-0.39, 0.29) is 5.88 Å². The molecule has 0 atom stereocenters. The molecule has 0 bridgehead atoms. The molecule has 5 heteroatoms. The van der Waals surface area contributed by atoms with Gasteiger partial charge in [-0.25, -0.2) is 0 Å².